The fourth-order valence-electron chi connectivity index (χ4n) is 1.66. The summed E-state index contributed by atoms with van der Waals surface area (Å²) >= 11 is 0. The van der Waals surface area contributed by atoms with E-state index >= 15 is 0 Å². The van der Waals surface area contributed by atoms with Crippen LogP contribution in [-0.4, -0.2) is 31.8 Å². The Balaban J connectivity index is 2.55. The number of nitrogens with one attached hydrogen (secondary N) is 1. The molecule has 1 amide bonds. The minimum absolute atomic E-state index is 0.262. The minimum Gasteiger partial charge on any atom is -0.467 e. The molecule has 1 unspecified atom stereocenters. The summed E-state index contributed by atoms with van der Waals surface area (Å²) in [4.78, 5) is 22.9. The van der Waals surface area contributed by atoms with Gasteiger partial charge < -0.3 is 14.8 Å². The zero-order valence-corrected chi connectivity index (χ0v) is 11.2. The average Bonchev–Trinajstić information content (AvgIpc) is 2.44. The van der Waals surface area contributed by atoms with Crippen LogP contribution in [0.1, 0.15) is 18.9 Å². The molecule has 0 fully saturated rings. The summed E-state index contributed by atoms with van der Waals surface area (Å²) in [6.07, 6.45) is 0.536. The van der Waals surface area contributed by atoms with E-state index in [9.17, 15) is 9.59 Å². The van der Waals surface area contributed by atoms with Crippen molar-refractivity contribution in [3.05, 3.63) is 35.9 Å². The lowest BCUT2D eigenvalue weighted by Crippen LogP contribution is -2.42. The molecule has 0 saturated carbocycles. The number of alkyl carbamates (subject to hydrolysis) is 1. The number of carbonyl (C=O) groups is 2. The van der Waals surface area contributed by atoms with E-state index in [0.717, 1.165) is 5.56 Å². The Bertz CT molecular complexity index is 405. The lowest BCUT2D eigenvalue weighted by atomic mass is 10.1. The topological polar surface area (TPSA) is 64.6 Å². The second kappa shape index (κ2) is 8.13. The summed E-state index contributed by atoms with van der Waals surface area (Å²) in [5, 5.41) is 2.50. The van der Waals surface area contributed by atoms with Crippen molar-refractivity contribution in [1.29, 1.82) is 0 Å². The number of benzene rings is 1. The highest BCUT2D eigenvalue weighted by Crippen LogP contribution is 2.06. The molecule has 0 aliphatic heterocycles. The fraction of sp³-hybridized carbons (Fsp3) is 0.429. The molecule has 0 aliphatic rings. The van der Waals surface area contributed by atoms with Crippen molar-refractivity contribution >= 4 is 12.1 Å². The molecule has 5 heteroatoms. The molecular formula is C14H19NO4. The molecule has 0 saturated heterocycles. The van der Waals surface area contributed by atoms with Gasteiger partial charge >= 0.3 is 12.1 Å². The Hall–Kier alpha value is -2.04. The molecule has 0 spiro atoms. The second-order valence-corrected chi connectivity index (χ2v) is 3.96. The molecular weight excluding hydrogens is 246 g/mol. The molecule has 19 heavy (non-hydrogen) atoms. The number of hydrogen-bond donors (Lipinski definition) is 1. The average molecular weight is 265 g/mol. The van der Waals surface area contributed by atoms with Gasteiger partial charge in [0.1, 0.15) is 6.04 Å². The monoisotopic (exact) mass is 265 g/mol. The van der Waals surface area contributed by atoms with Crippen LogP contribution in [0.25, 0.3) is 0 Å². The van der Waals surface area contributed by atoms with Crippen LogP contribution in [0.5, 0.6) is 0 Å². The lowest BCUT2D eigenvalue weighted by molar-refractivity contribution is -0.143. The summed E-state index contributed by atoms with van der Waals surface area (Å²) in [7, 11) is 1.30. The van der Waals surface area contributed by atoms with E-state index in [1.807, 2.05) is 30.3 Å². The summed E-state index contributed by atoms with van der Waals surface area (Å²) in [5.41, 5.74) is 1.10. The van der Waals surface area contributed by atoms with Gasteiger partial charge in [0.25, 0.3) is 0 Å². The highest BCUT2D eigenvalue weighted by Gasteiger charge is 2.21. The van der Waals surface area contributed by atoms with Crippen molar-refractivity contribution in [2.75, 3.05) is 13.7 Å². The molecule has 104 valence electrons. The van der Waals surface area contributed by atoms with Gasteiger partial charge in [-0.2, -0.15) is 0 Å². The zero-order valence-electron chi connectivity index (χ0n) is 11.2. The van der Waals surface area contributed by atoms with Gasteiger partial charge in [-0.25, -0.2) is 9.59 Å². The predicted octanol–water partition coefficient (Wildman–Crippen LogP) is 1.91. The summed E-state index contributed by atoms with van der Waals surface area (Å²) in [6, 6.07) is 9.04. The molecule has 1 atom stereocenters. The van der Waals surface area contributed by atoms with E-state index in [1.54, 1.807) is 6.92 Å². The largest absolute Gasteiger partial charge is 0.467 e. The van der Waals surface area contributed by atoms with Gasteiger partial charge in [-0.3, -0.25) is 0 Å². The number of carbonyl (C=O) groups excluding carboxylic acids is 2. The van der Waals surface area contributed by atoms with E-state index < -0.39 is 18.1 Å². The summed E-state index contributed by atoms with van der Waals surface area (Å²) < 4.78 is 9.43. The molecule has 0 aromatic heterocycles. The van der Waals surface area contributed by atoms with Crippen molar-refractivity contribution < 1.29 is 19.1 Å². The highest BCUT2D eigenvalue weighted by molar-refractivity contribution is 5.81. The number of rotatable bonds is 6. The van der Waals surface area contributed by atoms with E-state index in [4.69, 9.17) is 4.74 Å². The van der Waals surface area contributed by atoms with Crippen LogP contribution >= 0.6 is 0 Å². The van der Waals surface area contributed by atoms with E-state index in [0.29, 0.717) is 12.8 Å². The molecule has 5 nitrogen and oxygen atoms in total. The van der Waals surface area contributed by atoms with Crippen molar-refractivity contribution in [3.63, 3.8) is 0 Å². The minimum atomic E-state index is -0.691. The maximum atomic E-state index is 11.6. The summed E-state index contributed by atoms with van der Waals surface area (Å²) in [5.74, 6) is -0.469. The molecule has 0 radical (unpaired) electrons. The van der Waals surface area contributed by atoms with Gasteiger partial charge in [-0.1, -0.05) is 30.3 Å². The Labute approximate surface area is 112 Å². The zero-order chi connectivity index (χ0) is 14.1. The van der Waals surface area contributed by atoms with Gasteiger partial charge in [0.2, 0.25) is 0 Å². The number of methoxy groups -OCH3 is 1. The van der Waals surface area contributed by atoms with Crippen LogP contribution in [0.3, 0.4) is 0 Å². The molecule has 0 heterocycles. The van der Waals surface area contributed by atoms with Crippen LogP contribution in [0.2, 0.25) is 0 Å². The molecule has 1 aromatic carbocycles. The molecule has 0 bridgehead atoms. The third kappa shape index (κ3) is 5.42. The van der Waals surface area contributed by atoms with Gasteiger partial charge in [0.15, 0.2) is 0 Å². The van der Waals surface area contributed by atoms with Crippen molar-refractivity contribution in [1.82, 2.24) is 5.32 Å². The number of ether oxygens (including phenoxy) is 2. The standard InChI is InChI=1S/C14H19NO4/c1-3-19-14(17)15-12(13(16)18-2)10-9-11-7-5-4-6-8-11/h4-8,12H,3,9-10H2,1-2H3,(H,15,17). The Kier molecular flexibility index (Phi) is 6.43. The van der Waals surface area contributed by atoms with E-state index in [-0.39, 0.29) is 6.61 Å². The number of amides is 1. The van der Waals surface area contributed by atoms with Gasteiger partial charge in [0, 0.05) is 0 Å². The Morgan fingerprint density at radius 2 is 1.95 bits per heavy atom. The van der Waals surface area contributed by atoms with Gasteiger partial charge in [0.05, 0.1) is 13.7 Å². The number of aryl methyl sites for hydroxylation is 1. The van der Waals surface area contributed by atoms with Crippen molar-refractivity contribution in [3.8, 4) is 0 Å². The van der Waals surface area contributed by atoms with Crippen LogP contribution in [-0.2, 0) is 20.7 Å². The Morgan fingerprint density at radius 1 is 1.26 bits per heavy atom. The fourth-order valence-corrected chi connectivity index (χ4v) is 1.66. The van der Waals surface area contributed by atoms with Crippen LogP contribution in [0, 0.1) is 0 Å². The first-order valence-corrected chi connectivity index (χ1v) is 6.22. The SMILES string of the molecule is CCOC(=O)NC(CCc1ccccc1)C(=O)OC. The van der Waals surface area contributed by atoms with Crippen LogP contribution in [0.4, 0.5) is 4.79 Å². The predicted molar refractivity (Wildman–Crippen MR) is 70.7 cm³/mol. The first-order valence-electron chi connectivity index (χ1n) is 6.22. The molecule has 0 aliphatic carbocycles. The normalized spacial score (nSPS) is 11.5. The van der Waals surface area contributed by atoms with Crippen LogP contribution in [0.15, 0.2) is 30.3 Å². The molecule has 1 rings (SSSR count). The smallest absolute Gasteiger partial charge is 0.407 e. The van der Waals surface area contributed by atoms with Gasteiger partial charge in [-0.05, 0) is 25.3 Å². The Morgan fingerprint density at radius 3 is 2.53 bits per heavy atom. The number of hydrogen-bond acceptors (Lipinski definition) is 4. The lowest BCUT2D eigenvalue weighted by Gasteiger charge is -2.16. The first kappa shape index (κ1) is 15.0. The first-order chi connectivity index (χ1) is 9.17. The van der Waals surface area contributed by atoms with E-state index in [1.165, 1.54) is 7.11 Å². The maximum Gasteiger partial charge on any atom is 0.407 e. The van der Waals surface area contributed by atoms with E-state index in [2.05, 4.69) is 10.1 Å². The summed E-state index contributed by atoms with van der Waals surface area (Å²) in [6.45, 7) is 1.97. The highest BCUT2D eigenvalue weighted by atomic mass is 16.6. The molecule has 1 N–H and O–H groups in total. The quantitative estimate of drug-likeness (QED) is 0.798. The number of esters is 1. The molecule has 1 aromatic rings. The van der Waals surface area contributed by atoms with Crippen LogP contribution < -0.4 is 5.32 Å². The van der Waals surface area contributed by atoms with Crippen molar-refractivity contribution in [2.24, 2.45) is 0 Å². The van der Waals surface area contributed by atoms with Gasteiger partial charge in [-0.15, -0.1) is 0 Å². The third-order valence-electron chi connectivity index (χ3n) is 2.62. The van der Waals surface area contributed by atoms with Crippen molar-refractivity contribution in [2.45, 2.75) is 25.8 Å². The second-order valence-electron chi connectivity index (χ2n) is 3.96. The maximum absolute atomic E-state index is 11.6. The third-order valence-corrected chi connectivity index (χ3v) is 2.62.